The Morgan fingerprint density at radius 1 is 1.21 bits per heavy atom. The molecule has 11 heteroatoms. The number of imide groups is 1. The number of nitrogens with one attached hydrogen (secondary N) is 2. The van der Waals surface area contributed by atoms with Crippen LogP contribution in [-0.2, 0) is 22.3 Å². The van der Waals surface area contributed by atoms with Crippen molar-refractivity contribution in [3.63, 3.8) is 0 Å². The molecular weight excluding hydrogens is 401 g/mol. The number of anilines is 1. The topological polar surface area (TPSA) is 105 Å². The average Bonchev–Trinajstić information content (AvgIpc) is 2.85. The number of nitrogens with zero attached hydrogens (tertiary/aromatic N) is 1. The Bertz CT molecular complexity index is 767. The standard InChI is InChI=1S/C17H21F3N4O3.ClH/c1-3-16(4-2)14(26)24(15(27)23-16)9-13(25)22-12-6-10(8-21)5-11(7-12)17(18,19)20;/h5-7H,3-4,8-9,21H2,1-2H3,(H,22,25)(H,23,27);1H. The molecule has 1 heterocycles. The molecule has 4 N–H and O–H groups in total. The minimum absolute atomic E-state index is 0. The van der Waals surface area contributed by atoms with Crippen LogP contribution in [0.15, 0.2) is 18.2 Å². The molecule has 1 aliphatic rings. The lowest BCUT2D eigenvalue weighted by Crippen LogP contribution is -2.46. The number of amides is 4. The second-order valence-corrected chi connectivity index (χ2v) is 6.28. The number of carbonyl (C=O) groups is 3. The van der Waals surface area contributed by atoms with Crippen LogP contribution in [0.5, 0.6) is 0 Å². The van der Waals surface area contributed by atoms with Gasteiger partial charge in [0.25, 0.3) is 5.91 Å². The Kier molecular flexibility index (Phi) is 7.44. The van der Waals surface area contributed by atoms with Gasteiger partial charge in [-0.3, -0.25) is 14.5 Å². The molecule has 0 bridgehead atoms. The van der Waals surface area contributed by atoms with Gasteiger partial charge in [-0.2, -0.15) is 13.2 Å². The van der Waals surface area contributed by atoms with E-state index in [1.54, 1.807) is 13.8 Å². The summed E-state index contributed by atoms with van der Waals surface area (Å²) in [7, 11) is 0. The molecule has 28 heavy (non-hydrogen) atoms. The number of hydrogen-bond acceptors (Lipinski definition) is 4. The molecule has 0 aliphatic carbocycles. The van der Waals surface area contributed by atoms with Crippen molar-refractivity contribution in [2.24, 2.45) is 5.73 Å². The molecule has 1 saturated heterocycles. The molecule has 156 valence electrons. The molecule has 0 unspecified atom stereocenters. The van der Waals surface area contributed by atoms with Crippen molar-refractivity contribution in [1.82, 2.24) is 10.2 Å². The fourth-order valence-electron chi connectivity index (χ4n) is 2.94. The molecule has 0 saturated carbocycles. The summed E-state index contributed by atoms with van der Waals surface area (Å²) in [6.07, 6.45) is -3.88. The highest BCUT2D eigenvalue weighted by Gasteiger charge is 2.49. The molecule has 0 aromatic heterocycles. The zero-order chi connectivity index (χ0) is 20.4. The Morgan fingerprint density at radius 2 is 1.82 bits per heavy atom. The van der Waals surface area contributed by atoms with E-state index in [0.29, 0.717) is 12.8 Å². The highest BCUT2D eigenvalue weighted by atomic mass is 35.5. The predicted molar refractivity (Wildman–Crippen MR) is 98.8 cm³/mol. The van der Waals surface area contributed by atoms with E-state index in [-0.39, 0.29) is 30.2 Å². The zero-order valence-electron chi connectivity index (χ0n) is 15.4. The summed E-state index contributed by atoms with van der Waals surface area (Å²) in [5.41, 5.74) is 3.47. The lowest BCUT2D eigenvalue weighted by Gasteiger charge is -2.23. The first-order valence-electron chi connectivity index (χ1n) is 8.41. The molecule has 1 aromatic rings. The first-order chi connectivity index (χ1) is 12.6. The van der Waals surface area contributed by atoms with Crippen molar-refractivity contribution in [2.75, 3.05) is 11.9 Å². The van der Waals surface area contributed by atoms with Crippen LogP contribution < -0.4 is 16.4 Å². The van der Waals surface area contributed by atoms with Gasteiger partial charge < -0.3 is 16.4 Å². The Hall–Kier alpha value is -2.33. The van der Waals surface area contributed by atoms with Gasteiger partial charge in [0.15, 0.2) is 0 Å². The summed E-state index contributed by atoms with van der Waals surface area (Å²) < 4.78 is 38.9. The zero-order valence-corrected chi connectivity index (χ0v) is 16.2. The largest absolute Gasteiger partial charge is 0.416 e. The van der Waals surface area contributed by atoms with Gasteiger partial charge in [-0.05, 0) is 36.6 Å². The molecule has 2 rings (SSSR count). The van der Waals surface area contributed by atoms with E-state index in [2.05, 4.69) is 10.6 Å². The van der Waals surface area contributed by atoms with Gasteiger partial charge in [-0.25, -0.2) is 4.79 Å². The Labute approximate surface area is 166 Å². The summed E-state index contributed by atoms with van der Waals surface area (Å²) in [6.45, 7) is 2.74. The first kappa shape index (κ1) is 23.7. The Morgan fingerprint density at radius 3 is 2.29 bits per heavy atom. The van der Waals surface area contributed by atoms with Crippen LogP contribution in [0.25, 0.3) is 0 Å². The van der Waals surface area contributed by atoms with Crippen LogP contribution in [-0.4, -0.2) is 34.8 Å². The van der Waals surface area contributed by atoms with E-state index in [1.165, 1.54) is 6.07 Å². The molecule has 1 aliphatic heterocycles. The van der Waals surface area contributed by atoms with Crippen LogP contribution in [0.2, 0.25) is 0 Å². The van der Waals surface area contributed by atoms with E-state index >= 15 is 0 Å². The number of nitrogens with two attached hydrogens (primary N) is 1. The first-order valence-corrected chi connectivity index (χ1v) is 8.41. The third-order valence-corrected chi connectivity index (χ3v) is 4.59. The molecule has 0 atom stereocenters. The fourth-order valence-corrected chi connectivity index (χ4v) is 2.94. The van der Waals surface area contributed by atoms with Crippen molar-refractivity contribution >= 4 is 35.9 Å². The SMILES string of the molecule is CCC1(CC)NC(=O)N(CC(=O)Nc2cc(CN)cc(C(F)(F)F)c2)C1=O.Cl. The molecule has 0 spiro atoms. The lowest BCUT2D eigenvalue weighted by molar-refractivity contribution is -0.137. The number of hydrogen-bond donors (Lipinski definition) is 3. The van der Waals surface area contributed by atoms with Crippen LogP contribution in [0.3, 0.4) is 0 Å². The van der Waals surface area contributed by atoms with Gasteiger partial charge >= 0.3 is 12.2 Å². The predicted octanol–water partition coefficient (Wildman–Crippen LogP) is 2.64. The van der Waals surface area contributed by atoms with Crippen molar-refractivity contribution in [3.05, 3.63) is 29.3 Å². The van der Waals surface area contributed by atoms with Gasteiger partial charge in [0.1, 0.15) is 12.1 Å². The van der Waals surface area contributed by atoms with Gasteiger partial charge in [0, 0.05) is 12.2 Å². The van der Waals surface area contributed by atoms with E-state index in [0.717, 1.165) is 17.0 Å². The third kappa shape index (κ3) is 4.74. The minimum atomic E-state index is -4.60. The number of rotatable bonds is 6. The number of halogens is 4. The van der Waals surface area contributed by atoms with Gasteiger partial charge in [0.2, 0.25) is 5.91 Å². The van der Waals surface area contributed by atoms with Crippen LogP contribution >= 0.6 is 12.4 Å². The lowest BCUT2D eigenvalue weighted by atomic mass is 9.93. The normalized spacial score (nSPS) is 15.9. The van der Waals surface area contributed by atoms with Crippen molar-refractivity contribution < 1.29 is 27.6 Å². The minimum Gasteiger partial charge on any atom is -0.326 e. The highest BCUT2D eigenvalue weighted by Crippen LogP contribution is 2.32. The van der Waals surface area contributed by atoms with E-state index < -0.39 is 41.7 Å². The summed E-state index contributed by atoms with van der Waals surface area (Å²) in [4.78, 5) is 37.5. The van der Waals surface area contributed by atoms with E-state index in [9.17, 15) is 27.6 Å². The highest BCUT2D eigenvalue weighted by molar-refractivity contribution is 6.10. The number of carbonyl (C=O) groups excluding carboxylic acids is 3. The van der Waals surface area contributed by atoms with E-state index in [4.69, 9.17) is 5.73 Å². The maximum absolute atomic E-state index is 13.0. The number of benzene rings is 1. The van der Waals surface area contributed by atoms with Crippen LogP contribution in [0.4, 0.5) is 23.7 Å². The van der Waals surface area contributed by atoms with Gasteiger partial charge in [0.05, 0.1) is 5.56 Å². The number of alkyl halides is 3. The third-order valence-electron chi connectivity index (χ3n) is 4.59. The maximum Gasteiger partial charge on any atom is 0.416 e. The molecule has 0 radical (unpaired) electrons. The molecular formula is C17H22ClF3N4O3. The van der Waals surface area contributed by atoms with Crippen molar-refractivity contribution in [2.45, 2.75) is 44.9 Å². The average molecular weight is 423 g/mol. The quantitative estimate of drug-likeness (QED) is 0.613. The molecule has 7 nitrogen and oxygen atoms in total. The summed E-state index contributed by atoms with van der Waals surface area (Å²) >= 11 is 0. The summed E-state index contributed by atoms with van der Waals surface area (Å²) in [6, 6.07) is 2.27. The molecule has 1 fully saturated rings. The van der Waals surface area contributed by atoms with Crippen LogP contribution in [0.1, 0.15) is 37.8 Å². The summed E-state index contributed by atoms with van der Waals surface area (Å²) in [5, 5.41) is 4.87. The molecule has 4 amide bonds. The monoisotopic (exact) mass is 422 g/mol. The second-order valence-electron chi connectivity index (χ2n) is 6.28. The van der Waals surface area contributed by atoms with Crippen LogP contribution in [0, 0.1) is 0 Å². The second kappa shape index (κ2) is 8.78. The van der Waals surface area contributed by atoms with Crippen molar-refractivity contribution in [1.29, 1.82) is 0 Å². The number of urea groups is 1. The van der Waals surface area contributed by atoms with Gasteiger partial charge in [-0.15, -0.1) is 12.4 Å². The van der Waals surface area contributed by atoms with Crippen molar-refractivity contribution in [3.8, 4) is 0 Å². The Balaban J connectivity index is 0.00000392. The van der Waals surface area contributed by atoms with Gasteiger partial charge in [-0.1, -0.05) is 13.8 Å². The fraction of sp³-hybridized carbons (Fsp3) is 0.471. The van der Waals surface area contributed by atoms with E-state index in [1.807, 2.05) is 0 Å². The molecule has 1 aromatic carbocycles. The maximum atomic E-state index is 13.0. The summed E-state index contributed by atoms with van der Waals surface area (Å²) in [5.74, 6) is -1.32. The smallest absolute Gasteiger partial charge is 0.326 e.